The van der Waals surface area contributed by atoms with Gasteiger partial charge in [0.25, 0.3) is 0 Å². The highest BCUT2D eigenvalue weighted by Gasteiger charge is 2.36. The van der Waals surface area contributed by atoms with Gasteiger partial charge in [-0.15, -0.1) is 11.8 Å². The molecule has 2 unspecified atom stereocenters. The van der Waals surface area contributed by atoms with Crippen LogP contribution < -0.4 is 5.32 Å². The van der Waals surface area contributed by atoms with Crippen LogP contribution >= 0.6 is 11.8 Å². The summed E-state index contributed by atoms with van der Waals surface area (Å²) in [6.45, 7) is 0. The molecular formula is C13H22N2O3S. The third-order valence-corrected chi connectivity index (χ3v) is 5.08. The average molecular weight is 286 g/mol. The van der Waals surface area contributed by atoms with E-state index in [2.05, 4.69) is 17.3 Å². The summed E-state index contributed by atoms with van der Waals surface area (Å²) in [6, 6.07) is 1.47. The first-order valence-corrected chi connectivity index (χ1v) is 8.02. The Balaban J connectivity index is 1.74. The molecule has 0 radical (unpaired) electrons. The van der Waals surface area contributed by atoms with Crippen molar-refractivity contribution in [1.29, 1.82) is 0 Å². The summed E-state index contributed by atoms with van der Waals surface area (Å²) in [4.78, 5) is 24.6. The number of hydrogen-bond donors (Lipinski definition) is 2. The summed E-state index contributed by atoms with van der Waals surface area (Å²) in [5.74, 6) is -0.662. The number of rotatable bonds is 5. The average Bonchev–Trinajstić information content (AvgIpc) is 2.30. The van der Waals surface area contributed by atoms with E-state index in [1.165, 1.54) is 19.3 Å². The number of carbonyl (C=O) groups is 2. The first-order valence-electron chi connectivity index (χ1n) is 6.87. The van der Waals surface area contributed by atoms with E-state index in [1.54, 1.807) is 0 Å². The zero-order chi connectivity index (χ0) is 13.8. The molecule has 2 rings (SSSR count). The van der Waals surface area contributed by atoms with Crippen molar-refractivity contribution in [3.63, 3.8) is 0 Å². The predicted molar refractivity (Wildman–Crippen MR) is 75.3 cm³/mol. The van der Waals surface area contributed by atoms with E-state index in [9.17, 15) is 9.59 Å². The summed E-state index contributed by atoms with van der Waals surface area (Å²) < 4.78 is 0. The van der Waals surface area contributed by atoms with E-state index in [0.717, 1.165) is 24.6 Å². The van der Waals surface area contributed by atoms with Crippen LogP contribution in [0, 0.1) is 0 Å². The topological polar surface area (TPSA) is 69.6 Å². The van der Waals surface area contributed by atoms with E-state index < -0.39 is 5.97 Å². The third kappa shape index (κ3) is 4.11. The lowest BCUT2D eigenvalue weighted by atomic mass is 9.82. The van der Waals surface area contributed by atoms with Gasteiger partial charge in [0.15, 0.2) is 0 Å². The molecule has 6 heteroatoms. The van der Waals surface area contributed by atoms with Crippen molar-refractivity contribution in [2.75, 3.05) is 18.6 Å². The van der Waals surface area contributed by atoms with Gasteiger partial charge in [-0.05, 0) is 32.7 Å². The van der Waals surface area contributed by atoms with Crippen molar-refractivity contribution in [2.45, 2.75) is 50.2 Å². The second-order valence-electron chi connectivity index (χ2n) is 5.53. The fourth-order valence-corrected chi connectivity index (χ4v) is 3.78. The molecule has 2 heterocycles. The van der Waals surface area contributed by atoms with Crippen molar-refractivity contribution in [3.05, 3.63) is 0 Å². The summed E-state index contributed by atoms with van der Waals surface area (Å²) in [5.41, 5.74) is 0. The van der Waals surface area contributed by atoms with E-state index in [4.69, 9.17) is 5.11 Å². The molecule has 0 aromatic carbocycles. The summed E-state index contributed by atoms with van der Waals surface area (Å²) >= 11 is 1.16. The molecule has 2 aliphatic heterocycles. The molecule has 0 aliphatic carbocycles. The largest absolute Gasteiger partial charge is 0.481 e. The number of hydrogen-bond acceptors (Lipinski definition) is 4. The van der Waals surface area contributed by atoms with Gasteiger partial charge in [-0.3, -0.25) is 9.59 Å². The Morgan fingerprint density at radius 1 is 1.26 bits per heavy atom. The monoisotopic (exact) mass is 286 g/mol. The second kappa shape index (κ2) is 6.61. The Hall–Kier alpha value is -0.750. The van der Waals surface area contributed by atoms with Crippen LogP contribution in [0.5, 0.6) is 0 Å². The zero-order valence-electron chi connectivity index (χ0n) is 11.3. The molecule has 1 amide bonds. The number of aliphatic carboxylic acids is 1. The lowest BCUT2D eigenvalue weighted by molar-refractivity contribution is -0.133. The minimum atomic E-state index is -0.869. The van der Waals surface area contributed by atoms with Crippen molar-refractivity contribution in [3.8, 4) is 0 Å². The molecule has 2 fully saturated rings. The van der Waals surface area contributed by atoms with Crippen molar-refractivity contribution in [1.82, 2.24) is 10.2 Å². The van der Waals surface area contributed by atoms with Crippen LogP contribution in [0.3, 0.4) is 0 Å². The molecule has 0 spiro atoms. The first-order chi connectivity index (χ1) is 9.06. The summed E-state index contributed by atoms with van der Waals surface area (Å²) in [5, 5.41) is 11.6. The minimum absolute atomic E-state index is 0.00786. The maximum absolute atomic E-state index is 11.8. The van der Waals surface area contributed by atoms with Crippen molar-refractivity contribution >= 4 is 23.6 Å². The fourth-order valence-electron chi connectivity index (χ4n) is 3.23. The van der Waals surface area contributed by atoms with Gasteiger partial charge in [0.1, 0.15) is 0 Å². The highest BCUT2D eigenvalue weighted by atomic mass is 32.2. The number of piperidine rings is 2. The van der Waals surface area contributed by atoms with Crippen molar-refractivity contribution in [2.24, 2.45) is 0 Å². The van der Waals surface area contributed by atoms with Crippen LogP contribution in [0.2, 0.25) is 0 Å². The van der Waals surface area contributed by atoms with E-state index in [0.29, 0.717) is 12.1 Å². The lowest BCUT2D eigenvalue weighted by Gasteiger charge is -2.47. The van der Waals surface area contributed by atoms with Crippen LogP contribution in [0.15, 0.2) is 0 Å². The molecule has 2 N–H and O–H groups in total. The van der Waals surface area contributed by atoms with Gasteiger partial charge in [-0.25, -0.2) is 0 Å². The Morgan fingerprint density at radius 3 is 2.47 bits per heavy atom. The Labute approximate surface area is 118 Å². The van der Waals surface area contributed by atoms with Gasteiger partial charge >= 0.3 is 5.97 Å². The van der Waals surface area contributed by atoms with Gasteiger partial charge < -0.3 is 15.3 Å². The normalized spacial score (nSPS) is 30.9. The smallest absolute Gasteiger partial charge is 0.313 e. The molecule has 19 heavy (non-hydrogen) atoms. The molecule has 0 aromatic heterocycles. The molecular weight excluding hydrogens is 264 g/mol. The summed E-state index contributed by atoms with van der Waals surface area (Å²) in [7, 11) is 2.19. The van der Waals surface area contributed by atoms with Crippen LogP contribution in [-0.2, 0) is 9.59 Å². The molecule has 2 aliphatic rings. The number of carboxylic acid groups (broad SMARTS) is 1. The van der Waals surface area contributed by atoms with E-state index in [-0.39, 0.29) is 23.5 Å². The zero-order valence-corrected chi connectivity index (χ0v) is 12.1. The number of fused-ring (bicyclic) bond motifs is 2. The summed E-state index contributed by atoms with van der Waals surface area (Å²) in [6.07, 6.45) is 5.82. The number of amides is 1. The van der Waals surface area contributed by atoms with Gasteiger partial charge in [0, 0.05) is 18.1 Å². The van der Waals surface area contributed by atoms with Gasteiger partial charge in [0.2, 0.25) is 5.91 Å². The van der Waals surface area contributed by atoms with Crippen molar-refractivity contribution < 1.29 is 14.7 Å². The van der Waals surface area contributed by atoms with Crippen LogP contribution in [0.4, 0.5) is 0 Å². The number of carboxylic acids is 1. The Morgan fingerprint density at radius 2 is 1.89 bits per heavy atom. The van der Waals surface area contributed by atoms with Crippen LogP contribution in [-0.4, -0.2) is 58.6 Å². The maximum Gasteiger partial charge on any atom is 0.313 e. The molecule has 2 bridgehead atoms. The molecule has 5 nitrogen and oxygen atoms in total. The predicted octanol–water partition coefficient (Wildman–Crippen LogP) is 0.936. The lowest BCUT2D eigenvalue weighted by Crippen LogP contribution is -2.55. The maximum atomic E-state index is 11.8. The standard InChI is InChI=1S/C13H22N2O3S/c1-15-10-3-2-4-11(15)6-9(5-10)14-12(16)7-19-8-13(17)18/h9-11H,2-8H2,1H3,(H,14,16)(H,17,18). The number of nitrogens with one attached hydrogen (secondary N) is 1. The molecule has 108 valence electrons. The molecule has 2 saturated heterocycles. The molecule has 2 atom stereocenters. The van der Waals surface area contributed by atoms with E-state index in [1.807, 2.05) is 0 Å². The molecule has 0 aromatic rings. The van der Waals surface area contributed by atoms with Gasteiger partial charge in [-0.2, -0.15) is 0 Å². The van der Waals surface area contributed by atoms with Crippen LogP contribution in [0.1, 0.15) is 32.1 Å². The minimum Gasteiger partial charge on any atom is -0.481 e. The highest BCUT2D eigenvalue weighted by Crippen LogP contribution is 2.32. The highest BCUT2D eigenvalue weighted by molar-refractivity contribution is 8.00. The number of carbonyl (C=O) groups excluding carboxylic acids is 1. The Kier molecular flexibility index (Phi) is 5.10. The second-order valence-corrected chi connectivity index (χ2v) is 6.51. The Bertz CT molecular complexity index is 337. The quantitative estimate of drug-likeness (QED) is 0.787. The molecule has 0 saturated carbocycles. The number of nitrogens with zero attached hydrogens (tertiary/aromatic N) is 1. The van der Waals surface area contributed by atoms with Gasteiger partial charge in [0.05, 0.1) is 11.5 Å². The first kappa shape index (κ1) is 14.7. The number of thioether (sulfide) groups is 1. The van der Waals surface area contributed by atoms with Crippen LogP contribution in [0.25, 0.3) is 0 Å². The van der Waals surface area contributed by atoms with E-state index >= 15 is 0 Å². The van der Waals surface area contributed by atoms with Gasteiger partial charge in [-0.1, -0.05) is 6.42 Å². The fraction of sp³-hybridized carbons (Fsp3) is 0.846. The SMILES string of the molecule is CN1C2CCCC1CC(NC(=O)CSCC(=O)O)C2. The third-order valence-electron chi connectivity index (χ3n) is 4.16.